The van der Waals surface area contributed by atoms with E-state index in [-0.39, 0.29) is 18.9 Å². The van der Waals surface area contributed by atoms with E-state index in [1.165, 1.54) is 0 Å². The normalized spacial score (nSPS) is 11.1. The lowest BCUT2D eigenvalue weighted by molar-refractivity contribution is -0.120. The molecule has 0 aliphatic heterocycles. The second-order valence-electron chi connectivity index (χ2n) is 3.27. The van der Waals surface area contributed by atoms with Crippen LogP contribution in [0.4, 0.5) is 0 Å². The summed E-state index contributed by atoms with van der Waals surface area (Å²) in [6.07, 6.45) is 0.180. The van der Waals surface area contributed by atoms with Gasteiger partial charge in [0.2, 0.25) is 5.91 Å². The number of carbonyl (C=O) groups is 1. The SMILES string of the molecule is O=C(Cc1ccccc1)NCCS(=O)(=O)[O-]. The van der Waals surface area contributed by atoms with Gasteiger partial charge in [0.25, 0.3) is 0 Å². The molecule has 0 unspecified atom stereocenters. The van der Waals surface area contributed by atoms with E-state index in [0.717, 1.165) is 5.56 Å². The fourth-order valence-electron chi connectivity index (χ4n) is 1.16. The van der Waals surface area contributed by atoms with E-state index in [1.807, 2.05) is 18.2 Å². The second kappa shape index (κ2) is 5.62. The summed E-state index contributed by atoms with van der Waals surface area (Å²) in [6.45, 7) is -0.141. The van der Waals surface area contributed by atoms with Crippen molar-refractivity contribution in [2.45, 2.75) is 6.42 Å². The average molecular weight is 242 g/mol. The summed E-state index contributed by atoms with van der Waals surface area (Å²) >= 11 is 0. The summed E-state index contributed by atoms with van der Waals surface area (Å²) in [5, 5.41) is 2.37. The minimum absolute atomic E-state index is 0.141. The highest BCUT2D eigenvalue weighted by Gasteiger charge is 2.03. The van der Waals surface area contributed by atoms with Crippen LogP contribution in [-0.2, 0) is 21.3 Å². The zero-order valence-electron chi connectivity index (χ0n) is 8.55. The van der Waals surface area contributed by atoms with Gasteiger partial charge in [-0.3, -0.25) is 4.79 Å². The number of carbonyl (C=O) groups excluding carboxylic acids is 1. The van der Waals surface area contributed by atoms with E-state index in [9.17, 15) is 17.8 Å². The highest BCUT2D eigenvalue weighted by atomic mass is 32.2. The average Bonchev–Trinajstić information content (AvgIpc) is 2.17. The van der Waals surface area contributed by atoms with Crippen LogP contribution in [0.15, 0.2) is 30.3 Å². The molecule has 6 heteroatoms. The molecular weight excluding hydrogens is 230 g/mol. The molecule has 0 saturated carbocycles. The first-order valence-corrected chi connectivity index (χ1v) is 6.29. The Labute approximate surface area is 94.2 Å². The van der Waals surface area contributed by atoms with Gasteiger partial charge in [0.05, 0.1) is 22.3 Å². The van der Waals surface area contributed by atoms with E-state index >= 15 is 0 Å². The van der Waals surface area contributed by atoms with Gasteiger partial charge in [0.1, 0.15) is 0 Å². The molecule has 1 rings (SSSR count). The summed E-state index contributed by atoms with van der Waals surface area (Å²) in [5.41, 5.74) is 0.838. The maximum absolute atomic E-state index is 11.3. The largest absolute Gasteiger partial charge is 0.748 e. The van der Waals surface area contributed by atoms with E-state index in [4.69, 9.17) is 0 Å². The van der Waals surface area contributed by atoms with Crippen molar-refractivity contribution in [1.82, 2.24) is 5.32 Å². The van der Waals surface area contributed by atoms with Crippen LogP contribution in [0.3, 0.4) is 0 Å². The Morgan fingerprint density at radius 3 is 2.44 bits per heavy atom. The molecule has 16 heavy (non-hydrogen) atoms. The smallest absolute Gasteiger partial charge is 0.224 e. The van der Waals surface area contributed by atoms with Gasteiger partial charge in [0.15, 0.2) is 0 Å². The zero-order valence-corrected chi connectivity index (χ0v) is 9.37. The van der Waals surface area contributed by atoms with E-state index in [2.05, 4.69) is 5.32 Å². The second-order valence-corrected chi connectivity index (χ2v) is 4.80. The fraction of sp³-hybridized carbons (Fsp3) is 0.300. The molecule has 1 aromatic rings. The van der Waals surface area contributed by atoms with Gasteiger partial charge >= 0.3 is 0 Å². The number of rotatable bonds is 5. The predicted molar refractivity (Wildman–Crippen MR) is 57.7 cm³/mol. The van der Waals surface area contributed by atoms with Gasteiger partial charge < -0.3 is 9.87 Å². The third kappa shape index (κ3) is 5.47. The molecule has 1 N–H and O–H groups in total. The molecule has 0 radical (unpaired) electrons. The molecule has 1 amide bonds. The Bertz CT molecular complexity index is 441. The predicted octanol–water partition coefficient (Wildman–Crippen LogP) is -0.109. The summed E-state index contributed by atoms with van der Waals surface area (Å²) in [5.74, 6) is -0.872. The number of amides is 1. The first-order valence-electron chi connectivity index (χ1n) is 4.71. The van der Waals surface area contributed by atoms with Gasteiger partial charge in [-0.1, -0.05) is 30.3 Å². The lowest BCUT2D eigenvalue weighted by Crippen LogP contribution is -2.30. The van der Waals surface area contributed by atoms with E-state index in [0.29, 0.717) is 0 Å². The number of hydrogen-bond donors (Lipinski definition) is 1. The minimum Gasteiger partial charge on any atom is -0.748 e. The molecule has 0 spiro atoms. The molecule has 0 heterocycles. The van der Waals surface area contributed by atoms with Crippen LogP contribution in [0.1, 0.15) is 5.56 Å². The lowest BCUT2D eigenvalue weighted by atomic mass is 10.1. The molecule has 0 saturated heterocycles. The quantitative estimate of drug-likeness (QED) is 0.730. The first kappa shape index (κ1) is 12.7. The standard InChI is InChI=1S/C10H13NO4S/c12-10(11-6-7-16(13,14)15)8-9-4-2-1-3-5-9/h1-5H,6-8H2,(H,11,12)(H,13,14,15)/p-1. The summed E-state index contributed by atoms with van der Waals surface area (Å²) in [4.78, 5) is 11.3. The van der Waals surface area contributed by atoms with Crippen molar-refractivity contribution < 1.29 is 17.8 Å². The Morgan fingerprint density at radius 1 is 1.25 bits per heavy atom. The third-order valence-electron chi connectivity index (χ3n) is 1.88. The number of benzene rings is 1. The molecule has 1 aromatic carbocycles. The molecule has 0 atom stereocenters. The van der Waals surface area contributed by atoms with Crippen molar-refractivity contribution in [2.24, 2.45) is 0 Å². The minimum atomic E-state index is -4.26. The maximum atomic E-state index is 11.3. The molecule has 0 aliphatic rings. The van der Waals surface area contributed by atoms with Crippen molar-refractivity contribution in [3.8, 4) is 0 Å². The Balaban J connectivity index is 2.32. The van der Waals surface area contributed by atoms with Gasteiger partial charge in [-0.15, -0.1) is 0 Å². The Kier molecular flexibility index (Phi) is 4.45. The lowest BCUT2D eigenvalue weighted by Gasteiger charge is -2.08. The molecule has 0 bridgehead atoms. The van der Waals surface area contributed by atoms with Crippen LogP contribution in [0, 0.1) is 0 Å². The van der Waals surface area contributed by atoms with Gasteiger partial charge in [-0.2, -0.15) is 0 Å². The molecule has 0 aromatic heterocycles. The van der Waals surface area contributed by atoms with Crippen molar-refractivity contribution in [3.63, 3.8) is 0 Å². The van der Waals surface area contributed by atoms with Crippen LogP contribution < -0.4 is 5.32 Å². The van der Waals surface area contributed by atoms with Crippen LogP contribution in [0.5, 0.6) is 0 Å². The van der Waals surface area contributed by atoms with Crippen molar-refractivity contribution in [1.29, 1.82) is 0 Å². The topological polar surface area (TPSA) is 86.3 Å². The monoisotopic (exact) mass is 242 g/mol. The van der Waals surface area contributed by atoms with E-state index in [1.54, 1.807) is 12.1 Å². The van der Waals surface area contributed by atoms with Crippen LogP contribution in [0.2, 0.25) is 0 Å². The molecular formula is C10H12NO4S-. The maximum Gasteiger partial charge on any atom is 0.224 e. The van der Waals surface area contributed by atoms with Gasteiger partial charge in [-0.25, -0.2) is 8.42 Å². The van der Waals surface area contributed by atoms with Gasteiger partial charge in [-0.05, 0) is 5.56 Å². The Morgan fingerprint density at radius 2 is 1.88 bits per heavy atom. The molecule has 0 aliphatic carbocycles. The van der Waals surface area contributed by atoms with Crippen molar-refractivity contribution in [3.05, 3.63) is 35.9 Å². The summed E-state index contributed by atoms with van der Waals surface area (Å²) in [7, 11) is -4.26. The van der Waals surface area contributed by atoms with Crippen molar-refractivity contribution in [2.75, 3.05) is 12.3 Å². The third-order valence-corrected chi connectivity index (χ3v) is 2.59. The number of hydrogen-bond acceptors (Lipinski definition) is 4. The highest BCUT2D eigenvalue weighted by Crippen LogP contribution is 1.98. The summed E-state index contributed by atoms with van der Waals surface area (Å²) in [6, 6.07) is 9.05. The molecule has 0 fully saturated rings. The van der Waals surface area contributed by atoms with Crippen LogP contribution in [0.25, 0.3) is 0 Å². The van der Waals surface area contributed by atoms with Crippen LogP contribution >= 0.6 is 0 Å². The first-order chi connectivity index (χ1) is 7.47. The molecule has 5 nitrogen and oxygen atoms in total. The highest BCUT2D eigenvalue weighted by molar-refractivity contribution is 7.85. The molecule has 88 valence electrons. The van der Waals surface area contributed by atoms with Crippen LogP contribution in [-0.4, -0.2) is 31.2 Å². The van der Waals surface area contributed by atoms with E-state index < -0.39 is 15.9 Å². The Hall–Kier alpha value is -1.40. The van der Waals surface area contributed by atoms with Gasteiger partial charge in [0, 0.05) is 6.54 Å². The van der Waals surface area contributed by atoms with Crippen molar-refractivity contribution >= 4 is 16.0 Å². The number of nitrogens with one attached hydrogen (secondary N) is 1. The fourth-order valence-corrected chi connectivity index (χ4v) is 1.51. The summed E-state index contributed by atoms with van der Waals surface area (Å²) < 4.78 is 30.8. The zero-order chi connectivity index (χ0) is 12.0.